The molecule has 3 rings (SSSR count). The van der Waals surface area contributed by atoms with Crippen LogP contribution in [-0.2, 0) is 13.1 Å². The van der Waals surface area contributed by atoms with E-state index in [0.29, 0.717) is 11.3 Å². The number of hydrogen-bond donors (Lipinski definition) is 2. The van der Waals surface area contributed by atoms with E-state index in [1.807, 2.05) is 6.07 Å². The monoisotopic (exact) mass is 364 g/mol. The Labute approximate surface area is 155 Å². The molecule has 0 saturated heterocycles. The van der Waals surface area contributed by atoms with E-state index in [4.69, 9.17) is 0 Å². The van der Waals surface area contributed by atoms with Gasteiger partial charge in [-0.15, -0.1) is 0 Å². The number of nitrogens with one attached hydrogen (secondary N) is 2. The van der Waals surface area contributed by atoms with Gasteiger partial charge < -0.3 is 10.6 Å². The van der Waals surface area contributed by atoms with Gasteiger partial charge in [-0.1, -0.05) is 30.3 Å². The smallest absolute Gasteiger partial charge is 0.270 e. The summed E-state index contributed by atoms with van der Waals surface area (Å²) in [7, 11) is 0. The van der Waals surface area contributed by atoms with Gasteiger partial charge in [0.05, 0.1) is 12.2 Å². The number of nitrogens with zero attached hydrogens (tertiary/aromatic N) is 2. The molecule has 136 valence electrons. The molecule has 0 fully saturated rings. The van der Waals surface area contributed by atoms with Crippen molar-refractivity contribution in [3.8, 4) is 0 Å². The molecule has 6 nitrogen and oxygen atoms in total. The van der Waals surface area contributed by atoms with E-state index in [2.05, 4.69) is 20.6 Å². The molecule has 0 radical (unpaired) electrons. The summed E-state index contributed by atoms with van der Waals surface area (Å²) in [5.74, 6) is -1.30. The molecule has 2 amide bonds. The first-order valence-corrected chi connectivity index (χ1v) is 8.30. The van der Waals surface area contributed by atoms with Crippen molar-refractivity contribution in [3.05, 3.63) is 95.3 Å². The van der Waals surface area contributed by atoms with Crippen LogP contribution in [0.25, 0.3) is 0 Å². The Hall–Kier alpha value is -3.61. The van der Waals surface area contributed by atoms with Crippen molar-refractivity contribution >= 4 is 11.8 Å². The highest BCUT2D eigenvalue weighted by Gasteiger charge is 2.13. The van der Waals surface area contributed by atoms with Crippen LogP contribution in [0.2, 0.25) is 0 Å². The third-order valence-corrected chi connectivity index (χ3v) is 3.77. The maximum absolute atomic E-state index is 13.6. The number of aromatic nitrogens is 2. The van der Waals surface area contributed by atoms with Crippen molar-refractivity contribution < 1.29 is 14.0 Å². The fourth-order valence-corrected chi connectivity index (χ4v) is 2.36. The normalized spacial score (nSPS) is 10.3. The lowest BCUT2D eigenvalue weighted by Gasteiger charge is -2.08. The Balaban J connectivity index is 1.61. The number of benzene rings is 1. The molecule has 27 heavy (non-hydrogen) atoms. The molecule has 3 aromatic rings. The first-order chi connectivity index (χ1) is 13.1. The fourth-order valence-electron chi connectivity index (χ4n) is 2.36. The van der Waals surface area contributed by atoms with Gasteiger partial charge in [-0.2, -0.15) is 0 Å². The quantitative estimate of drug-likeness (QED) is 0.704. The summed E-state index contributed by atoms with van der Waals surface area (Å²) in [5, 5.41) is 5.30. The summed E-state index contributed by atoms with van der Waals surface area (Å²) in [6.45, 7) is 0.286. The van der Waals surface area contributed by atoms with E-state index in [1.165, 1.54) is 18.2 Å². The Bertz CT molecular complexity index is 947. The molecule has 0 bridgehead atoms. The fraction of sp³-hybridized carbons (Fsp3) is 0.100. The molecule has 0 atom stereocenters. The number of halogens is 1. The van der Waals surface area contributed by atoms with Crippen molar-refractivity contribution in [1.82, 2.24) is 20.6 Å². The second kappa shape index (κ2) is 8.66. The molecule has 0 aliphatic carbocycles. The molecule has 0 unspecified atom stereocenters. The second-order valence-corrected chi connectivity index (χ2v) is 5.69. The van der Waals surface area contributed by atoms with Gasteiger partial charge in [-0.05, 0) is 30.3 Å². The van der Waals surface area contributed by atoms with Crippen molar-refractivity contribution in [1.29, 1.82) is 0 Å². The number of carbonyl (C=O) groups is 2. The Morgan fingerprint density at radius 1 is 0.815 bits per heavy atom. The zero-order chi connectivity index (χ0) is 19.1. The van der Waals surface area contributed by atoms with E-state index >= 15 is 0 Å². The third-order valence-electron chi connectivity index (χ3n) is 3.77. The molecule has 2 N–H and O–H groups in total. The van der Waals surface area contributed by atoms with E-state index in [1.54, 1.807) is 42.6 Å². The molecule has 0 spiro atoms. The summed E-state index contributed by atoms with van der Waals surface area (Å²) in [4.78, 5) is 32.7. The van der Waals surface area contributed by atoms with E-state index in [-0.39, 0.29) is 24.5 Å². The van der Waals surface area contributed by atoms with Gasteiger partial charge >= 0.3 is 0 Å². The lowest BCUT2D eigenvalue weighted by Crippen LogP contribution is -2.27. The molecule has 0 aliphatic heterocycles. The maximum Gasteiger partial charge on any atom is 0.270 e. The van der Waals surface area contributed by atoms with Gasteiger partial charge in [0.15, 0.2) is 0 Å². The highest BCUT2D eigenvalue weighted by molar-refractivity contribution is 5.96. The standard InChI is InChI=1S/C20H17FN4O2/c21-16-8-2-1-6-14(16)12-23-19(26)17-9-5-10-18(25-17)20(27)24-13-15-7-3-4-11-22-15/h1-11H,12-13H2,(H,23,26)(H,24,27). The molecule has 2 heterocycles. The summed E-state index contributed by atoms with van der Waals surface area (Å²) in [6, 6.07) is 16.2. The van der Waals surface area contributed by atoms with Crippen molar-refractivity contribution in [2.45, 2.75) is 13.1 Å². The average Bonchev–Trinajstić information content (AvgIpc) is 2.72. The Kier molecular flexibility index (Phi) is 5.84. The van der Waals surface area contributed by atoms with Crippen LogP contribution in [0.15, 0.2) is 66.9 Å². The van der Waals surface area contributed by atoms with Crippen molar-refractivity contribution in [2.24, 2.45) is 0 Å². The van der Waals surface area contributed by atoms with Crippen LogP contribution in [0.3, 0.4) is 0 Å². The van der Waals surface area contributed by atoms with Crippen LogP contribution in [0, 0.1) is 5.82 Å². The zero-order valence-electron chi connectivity index (χ0n) is 14.4. The van der Waals surface area contributed by atoms with Gasteiger partial charge in [-0.3, -0.25) is 14.6 Å². The minimum absolute atomic E-state index is 0.0310. The van der Waals surface area contributed by atoms with Gasteiger partial charge in [0, 0.05) is 18.3 Å². The van der Waals surface area contributed by atoms with E-state index in [9.17, 15) is 14.0 Å². The largest absolute Gasteiger partial charge is 0.347 e. The summed E-state index contributed by atoms with van der Waals surface area (Å²) < 4.78 is 13.6. The lowest BCUT2D eigenvalue weighted by molar-refractivity contribution is 0.0941. The van der Waals surface area contributed by atoms with Crippen LogP contribution in [-0.4, -0.2) is 21.8 Å². The predicted octanol–water partition coefficient (Wildman–Crippen LogP) is 2.48. The van der Waals surface area contributed by atoms with Crippen molar-refractivity contribution in [3.63, 3.8) is 0 Å². The maximum atomic E-state index is 13.6. The van der Waals surface area contributed by atoms with Gasteiger partial charge in [0.1, 0.15) is 17.2 Å². The molecular weight excluding hydrogens is 347 g/mol. The second-order valence-electron chi connectivity index (χ2n) is 5.69. The minimum Gasteiger partial charge on any atom is -0.347 e. The summed E-state index contributed by atoms with van der Waals surface area (Å²) >= 11 is 0. The highest BCUT2D eigenvalue weighted by Crippen LogP contribution is 2.06. The van der Waals surface area contributed by atoms with Crippen LogP contribution in [0.1, 0.15) is 32.2 Å². The lowest BCUT2D eigenvalue weighted by atomic mass is 10.2. The van der Waals surface area contributed by atoms with Crippen LogP contribution in [0.4, 0.5) is 4.39 Å². The Morgan fingerprint density at radius 2 is 1.48 bits per heavy atom. The first kappa shape index (κ1) is 18.2. The number of rotatable bonds is 6. The number of pyridine rings is 2. The van der Waals surface area contributed by atoms with Crippen LogP contribution in [0.5, 0.6) is 0 Å². The highest BCUT2D eigenvalue weighted by atomic mass is 19.1. The number of hydrogen-bond acceptors (Lipinski definition) is 4. The average molecular weight is 364 g/mol. The number of carbonyl (C=O) groups excluding carboxylic acids is 2. The number of amides is 2. The molecule has 1 aromatic carbocycles. The van der Waals surface area contributed by atoms with Crippen LogP contribution >= 0.6 is 0 Å². The SMILES string of the molecule is O=C(NCc1ccccn1)c1cccc(C(=O)NCc2ccccc2F)n1. The molecule has 0 aliphatic rings. The van der Waals surface area contributed by atoms with Gasteiger partial charge in [0.2, 0.25) is 0 Å². The van der Waals surface area contributed by atoms with Crippen LogP contribution < -0.4 is 10.6 Å². The molecule has 7 heteroatoms. The first-order valence-electron chi connectivity index (χ1n) is 8.30. The zero-order valence-corrected chi connectivity index (χ0v) is 14.4. The molecular formula is C20H17FN4O2. The third kappa shape index (κ3) is 4.94. The van der Waals surface area contributed by atoms with Gasteiger partial charge in [0.25, 0.3) is 11.8 Å². The summed E-state index contributed by atoms with van der Waals surface area (Å²) in [6.07, 6.45) is 1.64. The van der Waals surface area contributed by atoms with Crippen molar-refractivity contribution in [2.75, 3.05) is 0 Å². The predicted molar refractivity (Wildman–Crippen MR) is 97.2 cm³/mol. The van der Waals surface area contributed by atoms with E-state index in [0.717, 1.165) is 0 Å². The molecule has 0 saturated carbocycles. The minimum atomic E-state index is -0.488. The summed E-state index contributed by atoms with van der Waals surface area (Å²) in [5.41, 5.74) is 1.28. The molecule has 2 aromatic heterocycles. The van der Waals surface area contributed by atoms with E-state index < -0.39 is 17.6 Å². The topological polar surface area (TPSA) is 84.0 Å². The van der Waals surface area contributed by atoms with Gasteiger partial charge in [-0.25, -0.2) is 9.37 Å². The Morgan fingerprint density at radius 3 is 2.15 bits per heavy atom.